The molecule has 0 aliphatic heterocycles. The summed E-state index contributed by atoms with van der Waals surface area (Å²) < 4.78 is 42.9. The Morgan fingerprint density at radius 3 is 2.55 bits per heavy atom. The van der Waals surface area contributed by atoms with Crippen molar-refractivity contribution in [2.24, 2.45) is 0 Å². The summed E-state index contributed by atoms with van der Waals surface area (Å²) in [4.78, 5) is 13.5. The largest absolute Gasteiger partial charge is 0.494 e. The maximum absolute atomic E-state index is 14.9. The predicted molar refractivity (Wildman–Crippen MR) is 153 cm³/mol. The Kier molecular flexibility index (Phi) is 8.78. The van der Waals surface area contributed by atoms with Gasteiger partial charge in [-0.3, -0.25) is 9.67 Å². The third-order valence-electron chi connectivity index (χ3n) is 6.60. The average Bonchev–Trinajstić information content (AvgIpc) is 3.72. The molecule has 4 aromatic rings. The van der Waals surface area contributed by atoms with Crippen LogP contribution in [0.3, 0.4) is 0 Å². The smallest absolute Gasteiger partial charge is 0.182 e. The van der Waals surface area contributed by atoms with Crippen molar-refractivity contribution in [1.82, 2.24) is 24.7 Å². The molecule has 5 rings (SSSR count). The summed E-state index contributed by atoms with van der Waals surface area (Å²) in [7, 11) is 0. The fraction of sp³-hybridized carbons (Fsp3) is 0.379. The van der Waals surface area contributed by atoms with E-state index in [-0.39, 0.29) is 23.8 Å². The number of benzene rings is 1. The van der Waals surface area contributed by atoms with Gasteiger partial charge in [0.05, 0.1) is 26.0 Å². The van der Waals surface area contributed by atoms with Crippen molar-refractivity contribution < 1.29 is 18.3 Å². The highest BCUT2D eigenvalue weighted by Gasteiger charge is 2.32. The van der Waals surface area contributed by atoms with Gasteiger partial charge in [0.15, 0.2) is 17.4 Å². The van der Waals surface area contributed by atoms with Crippen LogP contribution in [0.25, 0.3) is 11.5 Å². The maximum Gasteiger partial charge on any atom is 0.182 e. The van der Waals surface area contributed by atoms with E-state index >= 15 is 0 Å². The normalized spacial score (nSPS) is 12.9. The minimum Gasteiger partial charge on any atom is -0.494 e. The van der Waals surface area contributed by atoms with Crippen LogP contribution in [0.1, 0.15) is 48.9 Å². The first kappa shape index (κ1) is 27.8. The van der Waals surface area contributed by atoms with Gasteiger partial charge >= 0.3 is 0 Å². The fourth-order valence-electron chi connectivity index (χ4n) is 4.54. The average molecular weight is 567 g/mol. The zero-order valence-electron chi connectivity index (χ0n) is 22.8. The molecule has 0 atom stereocenters. The lowest BCUT2D eigenvalue weighted by Crippen LogP contribution is -2.10. The van der Waals surface area contributed by atoms with Crippen molar-refractivity contribution in [3.8, 4) is 23.0 Å². The molecule has 1 aliphatic carbocycles. The predicted octanol–water partition coefficient (Wildman–Crippen LogP) is 6.52. The number of nitrogens with one attached hydrogen (secondary N) is 1. The molecule has 11 heteroatoms. The molecule has 1 aromatic carbocycles. The number of pyridine rings is 1. The van der Waals surface area contributed by atoms with Gasteiger partial charge in [-0.05, 0) is 57.3 Å². The van der Waals surface area contributed by atoms with Crippen LogP contribution in [0, 0.1) is 18.6 Å². The fourth-order valence-corrected chi connectivity index (χ4v) is 4.95. The third kappa shape index (κ3) is 6.35. The van der Waals surface area contributed by atoms with E-state index in [1.807, 2.05) is 19.1 Å². The van der Waals surface area contributed by atoms with E-state index in [2.05, 4.69) is 21.5 Å². The van der Waals surface area contributed by atoms with E-state index in [0.29, 0.717) is 36.3 Å². The molecule has 3 aromatic heterocycles. The van der Waals surface area contributed by atoms with Crippen molar-refractivity contribution >= 4 is 23.3 Å². The summed E-state index contributed by atoms with van der Waals surface area (Å²) in [6.07, 6.45) is 9.98. The number of nitrogens with zero attached hydrogens (tertiary/aromatic N) is 5. The Labute approximate surface area is 236 Å². The van der Waals surface area contributed by atoms with E-state index in [1.54, 1.807) is 42.0 Å². The molecule has 0 bridgehead atoms. The Morgan fingerprint density at radius 1 is 1.12 bits per heavy atom. The van der Waals surface area contributed by atoms with E-state index in [9.17, 15) is 8.78 Å². The standard InChI is InChI=1S/C29H32F2N6O2S/c1-4-38-21-14-23(30)22(24(31)15-21)17-37-27(19-6-7-19)18(2)26(36-37)29-33-16-25(39-12-5-13-40-3)28(35-29)34-20-8-10-32-11-9-20/h8-11,14-16,19H,4-7,12-13,17H2,1-3H3,(H,32,33,34,35). The molecule has 1 saturated carbocycles. The summed E-state index contributed by atoms with van der Waals surface area (Å²) in [6.45, 7) is 4.54. The summed E-state index contributed by atoms with van der Waals surface area (Å²) in [5.41, 5.74) is 3.16. The molecule has 0 radical (unpaired) electrons. The first-order chi connectivity index (χ1) is 19.5. The molecule has 1 N–H and O–H groups in total. The highest BCUT2D eigenvalue weighted by atomic mass is 32.2. The molecule has 40 heavy (non-hydrogen) atoms. The highest BCUT2D eigenvalue weighted by molar-refractivity contribution is 7.98. The van der Waals surface area contributed by atoms with Crippen molar-refractivity contribution in [1.29, 1.82) is 0 Å². The lowest BCUT2D eigenvalue weighted by molar-refractivity contribution is 0.318. The molecule has 1 fully saturated rings. The minimum absolute atomic E-state index is 0.0461. The Morgan fingerprint density at radius 2 is 1.88 bits per heavy atom. The van der Waals surface area contributed by atoms with Gasteiger partial charge in [0, 0.05) is 53.0 Å². The van der Waals surface area contributed by atoms with Crippen LogP contribution in [-0.2, 0) is 6.54 Å². The monoisotopic (exact) mass is 566 g/mol. The van der Waals surface area contributed by atoms with E-state index in [1.165, 1.54) is 12.1 Å². The molecule has 0 unspecified atom stereocenters. The third-order valence-corrected chi connectivity index (χ3v) is 7.29. The summed E-state index contributed by atoms with van der Waals surface area (Å²) in [5, 5.41) is 8.09. The molecule has 3 heterocycles. The van der Waals surface area contributed by atoms with Gasteiger partial charge in [-0.15, -0.1) is 0 Å². The van der Waals surface area contributed by atoms with Crippen LogP contribution in [0.2, 0.25) is 0 Å². The van der Waals surface area contributed by atoms with Gasteiger partial charge in [0.2, 0.25) is 0 Å². The van der Waals surface area contributed by atoms with E-state index in [0.717, 1.165) is 42.0 Å². The van der Waals surface area contributed by atoms with Gasteiger partial charge in [-0.2, -0.15) is 16.9 Å². The van der Waals surface area contributed by atoms with Crippen molar-refractivity contribution in [2.75, 3.05) is 30.5 Å². The van der Waals surface area contributed by atoms with Crippen LogP contribution in [0.4, 0.5) is 20.3 Å². The molecular formula is C29H32F2N6O2S. The molecule has 1 aliphatic rings. The van der Waals surface area contributed by atoms with Gasteiger partial charge in [-0.25, -0.2) is 18.7 Å². The number of thioether (sulfide) groups is 1. The molecule has 8 nitrogen and oxygen atoms in total. The number of rotatable bonds is 13. The zero-order valence-corrected chi connectivity index (χ0v) is 23.6. The Hall–Kier alpha value is -3.73. The lowest BCUT2D eigenvalue weighted by Gasteiger charge is -2.13. The number of halogens is 2. The zero-order chi connectivity index (χ0) is 28.1. The topological polar surface area (TPSA) is 87.0 Å². The van der Waals surface area contributed by atoms with Crippen molar-refractivity contribution in [3.63, 3.8) is 0 Å². The minimum atomic E-state index is -0.664. The first-order valence-electron chi connectivity index (χ1n) is 13.3. The molecule has 210 valence electrons. The van der Waals surface area contributed by atoms with Gasteiger partial charge in [-0.1, -0.05) is 0 Å². The van der Waals surface area contributed by atoms with Crippen molar-refractivity contribution in [3.05, 3.63) is 71.3 Å². The first-order valence-corrected chi connectivity index (χ1v) is 14.7. The maximum atomic E-state index is 14.9. The number of hydrogen-bond acceptors (Lipinski definition) is 8. The van der Waals surface area contributed by atoms with Crippen LogP contribution in [-0.4, -0.2) is 50.0 Å². The Bertz CT molecular complexity index is 1440. The lowest BCUT2D eigenvalue weighted by atomic mass is 10.1. The number of hydrogen-bond donors (Lipinski definition) is 1. The highest BCUT2D eigenvalue weighted by Crippen LogP contribution is 2.44. The van der Waals surface area contributed by atoms with Crippen LogP contribution in [0.15, 0.2) is 42.9 Å². The van der Waals surface area contributed by atoms with Crippen LogP contribution < -0.4 is 14.8 Å². The van der Waals surface area contributed by atoms with Crippen LogP contribution in [0.5, 0.6) is 11.5 Å². The second kappa shape index (κ2) is 12.6. The SMILES string of the molecule is CCOc1cc(F)c(Cn2nc(-c3ncc(OCCCSC)c(Nc4ccncc4)n3)c(C)c2C2CC2)c(F)c1. The van der Waals surface area contributed by atoms with Crippen LogP contribution >= 0.6 is 11.8 Å². The number of aromatic nitrogens is 5. The van der Waals surface area contributed by atoms with E-state index in [4.69, 9.17) is 19.6 Å². The number of anilines is 2. The molecule has 0 amide bonds. The quantitative estimate of drug-likeness (QED) is 0.183. The van der Waals surface area contributed by atoms with Gasteiger partial charge in [0.1, 0.15) is 23.1 Å². The van der Waals surface area contributed by atoms with Gasteiger partial charge < -0.3 is 14.8 Å². The Balaban J connectivity index is 1.50. The summed E-state index contributed by atoms with van der Waals surface area (Å²) in [6, 6.07) is 6.11. The second-order valence-corrected chi connectivity index (χ2v) is 10.5. The van der Waals surface area contributed by atoms with Gasteiger partial charge in [0.25, 0.3) is 0 Å². The molecular weight excluding hydrogens is 534 g/mol. The summed E-state index contributed by atoms with van der Waals surface area (Å²) >= 11 is 1.76. The summed E-state index contributed by atoms with van der Waals surface area (Å²) in [5.74, 6) is 1.54. The molecule has 0 spiro atoms. The van der Waals surface area contributed by atoms with E-state index < -0.39 is 11.6 Å². The van der Waals surface area contributed by atoms with Crippen molar-refractivity contribution in [2.45, 2.75) is 45.6 Å². The molecule has 0 saturated heterocycles. The number of ether oxygens (including phenoxy) is 2. The second-order valence-electron chi connectivity index (χ2n) is 9.55.